The summed E-state index contributed by atoms with van der Waals surface area (Å²) in [6.07, 6.45) is -2.37. The number of fused-ring (bicyclic) bond motifs is 1. The zero-order valence-electron chi connectivity index (χ0n) is 8.90. The molecule has 0 bridgehead atoms. The molecule has 2 rings (SSSR count). The van der Waals surface area contributed by atoms with Gasteiger partial charge in [-0.05, 0) is 24.5 Å². The third-order valence-electron chi connectivity index (χ3n) is 2.56. The summed E-state index contributed by atoms with van der Waals surface area (Å²) < 4.78 is 15.9. The van der Waals surface area contributed by atoms with Gasteiger partial charge < -0.3 is 24.4 Å². The van der Waals surface area contributed by atoms with Crippen molar-refractivity contribution in [2.24, 2.45) is 5.11 Å². The molecule has 2 aliphatic rings. The Kier molecular flexibility index (Phi) is 2.58. The van der Waals surface area contributed by atoms with Crippen LogP contribution >= 0.6 is 0 Å². The van der Waals surface area contributed by atoms with Gasteiger partial charge >= 0.3 is 0 Å². The lowest BCUT2D eigenvalue weighted by atomic mass is 10.1. The molecule has 0 aliphatic carbocycles. The lowest BCUT2D eigenvalue weighted by Gasteiger charge is -2.25. The van der Waals surface area contributed by atoms with Crippen LogP contribution in [-0.4, -0.2) is 46.8 Å². The van der Waals surface area contributed by atoms with Gasteiger partial charge in [0.15, 0.2) is 5.79 Å². The number of rotatable bonds is 2. The molecule has 8 nitrogen and oxygen atoms in total. The second-order valence-electron chi connectivity index (χ2n) is 4.21. The van der Waals surface area contributed by atoms with Crippen molar-refractivity contribution in [2.75, 3.05) is 6.61 Å². The maximum Gasteiger partial charge on any atom is 0.277 e. The Morgan fingerprint density at radius 1 is 1.38 bits per heavy atom. The van der Waals surface area contributed by atoms with E-state index in [1.54, 1.807) is 13.8 Å². The van der Waals surface area contributed by atoms with E-state index < -0.39 is 30.0 Å². The molecule has 0 unspecified atom stereocenters. The average molecular weight is 231 g/mol. The molecule has 0 aromatic carbocycles. The number of aliphatic hydroxyl groups is 2. The number of azide groups is 1. The standard InChI is InChI=1S/C8H13N3O5/c1-7(2)15-5-4(3-12)14-8(13,10-11-9)6(5)16-7/h4-6,12-13H,3H2,1-2H3/t4-,5-,6-,8+/m0/s1. The van der Waals surface area contributed by atoms with Crippen LogP contribution in [0.2, 0.25) is 0 Å². The fourth-order valence-electron chi connectivity index (χ4n) is 1.99. The smallest absolute Gasteiger partial charge is 0.277 e. The Bertz CT molecular complexity index is 343. The Morgan fingerprint density at radius 3 is 2.62 bits per heavy atom. The number of aliphatic hydroxyl groups excluding tert-OH is 1. The molecule has 0 amide bonds. The Morgan fingerprint density at radius 2 is 2.06 bits per heavy atom. The summed E-state index contributed by atoms with van der Waals surface area (Å²) in [4.78, 5) is 2.50. The number of ether oxygens (including phenoxy) is 3. The summed E-state index contributed by atoms with van der Waals surface area (Å²) in [6.45, 7) is 2.97. The van der Waals surface area contributed by atoms with Crippen molar-refractivity contribution in [3.05, 3.63) is 10.4 Å². The van der Waals surface area contributed by atoms with Crippen LogP contribution in [0.25, 0.3) is 10.4 Å². The first kappa shape index (κ1) is 11.6. The van der Waals surface area contributed by atoms with E-state index in [1.807, 2.05) is 0 Å². The third-order valence-corrected chi connectivity index (χ3v) is 2.56. The second-order valence-corrected chi connectivity index (χ2v) is 4.21. The maximum absolute atomic E-state index is 9.94. The topological polar surface area (TPSA) is 117 Å². The normalized spacial score (nSPS) is 45.1. The Hall–Kier alpha value is -0.890. The molecule has 0 aromatic heterocycles. The van der Waals surface area contributed by atoms with E-state index in [1.165, 1.54) is 0 Å². The van der Waals surface area contributed by atoms with Gasteiger partial charge in [0.05, 0.1) is 6.61 Å². The van der Waals surface area contributed by atoms with E-state index in [2.05, 4.69) is 10.0 Å². The minimum absolute atomic E-state index is 0.357. The average Bonchev–Trinajstić information content (AvgIpc) is 2.62. The summed E-state index contributed by atoms with van der Waals surface area (Å²) in [5, 5.41) is 22.2. The summed E-state index contributed by atoms with van der Waals surface area (Å²) in [5.74, 6) is -3.04. The van der Waals surface area contributed by atoms with E-state index in [9.17, 15) is 5.11 Å². The predicted octanol–water partition coefficient (Wildman–Crippen LogP) is -0.146. The van der Waals surface area contributed by atoms with Crippen LogP contribution in [0, 0.1) is 0 Å². The van der Waals surface area contributed by atoms with Crippen molar-refractivity contribution in [2.45, 2.75) is 43.9 Å². The van der Waals surface area contributed by atoms with E-state index in [0.717, 1.165) is 0 Å². The first-order valence-corrected chi connectivity index (χ1v) is 4.85. The molecule has 0 radical (unpaired) electrons. The molecule has 2 aliphatic heterocycles. The predicted molar refractivity (Wildman–Crippen MR) is 49.9 cm³/mol. The zero-order valence-corrected chi connectivity index (χ0v) is 8.90. The van der Waals surface area contributed by atoms with E-state index in [0.29, 0.717) is 0 Å². The maximum atomic E-state index is 9.94. The number of hydrogen-bond acceptors (Lipinski definition) is 6. The van der Waals surface area contributed by atoms with Crippen molar-refractivity contribution in [1.29, 1.82) is 0 Å². The van der Waals surface area contributed by atoms with Gasteiger partial charge in [-0.1, -0.05) is 0 Å². The molecular formula is C8H13N3O5. The Balaban J connectivity index is 2.30. The van der Waals surface area contributed by atoms with Gasteiger partial charge in [-0.3, -0.25) is 0 Å². The van der Waals surface area contributed by atoms with Gasteiger partial charge in [0.25, 0.3) is 5.91 Å². The zero-order chi connectivity index (χ0) is 12.0. The van der Waals surface area contributed by atoms with Crippen molar-refractivity contribution in [1.82, 2.24) is 0 Å². The second kappa shape index (κ2) is 3.56. The molecule has 8 heteroatoms. The van der Waals surface area contributed by atoms with Gasteiger partial charge in [0, 0.05) is 4.91 Å². The lowest BCUT2D eigenvalue weighted by Crippen LogP contribution is -2.41. The first-order valence-electron chi connectivity index (χ1n) is 4.85. The fraction of sp³-hybridized carbons (Fsp3) is 1.00. The lowest BCUT2D eigenvalue weighted by molar-refractivity contribution is -0.273. The highest BCUT2D eigenvalue weighted by atomic mass is 16.8. The van der Waals surface area contributed by atoms with Crippen molar-refractivity contribution >= 4 is 0 Å². The van der Waals surface area contributed by atoms with Crippen LogP contribution in [0.15, 0.2) is 5.11 Å². The first-order chi connectivity index (χ1) is 7.42. The molecule has 4 atom stereocenters. The van der Waals surface area contributed by atoms with Gasteiger partial charge in [0.1, 0.15) is 18.3 Å². The van der Waals surface area contributed by atoms with E-state index >= 15 is 0 Å². The molecule has 90 valence electrons. The molecule has 0 aromatic rings. The minimum atomic E-state index is -2.12. The number of hydrogen-bond donors (Lipinski definition) is 2. The molecule has 2 saturated heterocycles. The summed E-state index contributed by atoms with van der Waals surface area (Å²) in [7, 11) is 0. The molecule has 0 saturated carbocycles. The van der Waals surface area contributed by atoms with E-state index in [-0.39, 0.29) is 6.61 Å². The fourth-order valence-corrected chi connectivity index (χ4v) is 1.99. The van der Waals surface area contributed by atoms with Crippen LogP contribution in [-0.2, 0) is 14.2 Å². The highest BCUT2D eigenvalue weighted by Gasteiger charge is 2.62. The van der Waals surface area contributed by atoms with Crippen molar-refractivity contribution in [3.63, 3.8) is 0 Å². The number of nitrogens with zero attached hydrogens (tertiary/aromatic N) is 3. The van der Waals surface area contributed by atoms with Gasteiger partial charge in [-0.15, -0.1) is 0 Å². The minimum Gasteiger partial charge on any atom is -0.394 e. The summed E-state index contributed by atoms with van der Waals surface area (Å²) >= 11 is 0. The quantitative estimate of drug-likeness (QED) is 0.389. The molecular weight excluding hydrogens is 218 g/mol. The van der Waals surface area contributed by atoms with Crippen LogP contribution in [0.3, 0.4) is 0 Å². The Labute approximate surface area is 91.3 Å². The molecule has 0 spiro atoms. The highest BCUT2D eigenvalue weighted by Crippen LogP contribution is 2.43. The monoisotopic (exact) mass is 231 g/mol. The summed E-state index contributed by atoms with van der Waals surface area (Å²) in [6, 6.07) is 0. The highest BCUT2D eigenvalue weighted by molar-refractivity contribution is 5.00. The van der Waals surface area contributed by atoms with Gasteiger partial charge in [0.2, 0.25) is 0 Å². The van der Waals surface area contributed by atoms with E-state index in [4.69, 9.17) is 24.8 Å². The molecule has 2 N–H and O–H groups in total. The molecule has 16 heavy (non-hydrogen) atoms. The SMILES string of the molecule is CC1(C)O[C@H]2[C@H](CO)O[C@@](O)(N=[N+]=[N-])[C@H]2O1. The largest absolute Gasteiger partial charge is 0.394 e. The van der Waals surface area contributed by atoms with Crippen LogP contribution in [0.5, 0.6) is 0 Å². The van der Waals surface area contributed by atoms with Crippen LogP contribution in [0.4, 0.5) is 0 Å². The van der Waals surface area contributed by atoms with Crippen molar-refractivity contribution in [3.8, 4) is 0 Å². The van der Waals surface area contributed by atoms with Gasteiger partial charge in [-0.2, -0.15) is 0 Å². The third kappa shape index (κ3) is 1.65. The molecule has 2 heterocycles. The van der Waals surface area contributed by atoms with Gasteiger partial charge in [-0.25, -0.2) is 0 Å². The summed E-state index contributed by atoms with van der Waals surface area (Å²) in [5.41, 5.74) is 8.36. The molecule has 2 fully saturated rings. The van der Waals surface area contributed by atoms with Crippen LogP contribution in [0.1, 0.15) is 13.8 Å². The van der Waals surface area contributed by atoms with Crippen LogP contribution < -0.4 is 0 Å². The van der Waals surface area contributed by atoms with Crippen molar-refractivity contribution < 1.29 is 24.4 Å².